The highest BCUT2D eigenvalue weighted by atomic mass is 19.1. The van der Waals surface area contributed by atoms with Crippen LogP contribution in [0.3, 0.4) is 0 Å². The third-order valence-electron chi connectivity index (χ3n) is 3.56. The summed E-state index contributed by atoms with van der Waals surface area (Å²) in [5.41, 5.74) is 3.00. The van der Waals surface area contributed by atoms with Gasteiger partial charge in [-0.25, -0.2) is 14.1 Å². The van der Waals surface area contributed by atoms with Crippen LogP contribution in [0.5, 0.6) is 0 Å². The molecule has 6 heteroatoms. The fraction of sp³-hybridized carbons (Fsp3) is 0.167. The second kappa shape index (κ2) is 6.23. The Labute approximate surface area is 139 Å². The predicted molar refractivity (Wildman–Crippen MR) is 90.5 cm³/mol. The second-order valence-electron chi connectivity index (χ2n) is 5.63. The lowest BCUT2D eigenvalue weighted by Crippen LogP contribution is -2.07. The van der Waals surface area contributed by atoms with Crippen molar-refractivity contribution in [2.24, 2.45) is 0 Å². The van der Waals surface area contributed by atoms with Gasteiger partial charge in [0, 0.05) is 16.9 Å². The average Bonchev–Trinajstić information content (AvgIpc) is 2.88. The van der Waals surface area contributed by atoms with Gasteiger partial charge in [0.15, 0.2) is 11.6 Å². The van der Waals surface area contributed by atoms with Gasteiger partial charge in [-0.1, -0.05) is 0 Å². The molecule has 0 unspecified atom stereocenters. The van der Waals surface area contributed by atoms with Gasteiger partial charge in [0.1, 0.15) is 11.6 Å². The van der Waals surface area contributed by atoms with Crippen molar-refractivity contribution in [2.75, 3.05) is 5.32 Å². The van der Waals surface area contributed by atoms with Crippen LogP contribution in [0.2, 0.25) is 0 Å². The summed E-state index contributed by atoms with van der Waals surface area (Å²) < 4.78 is 14.7. The Balaban J connectivity index is 2.04. The normalized spacial score (nSPS) is 10.7. The van der Waals surface area contributed by atoms with E-state index in [9.17, 15) is 9.18 Å². The Kier molecular flexibility index (Phi) is 4.12. The molecule has 0 fully saturated rings. The van der Waals surface area contributed by atoms with E-state index in [-0.39, 0.29) is 11.6 Å². The van der Waals surface area contributed by atoms with E-state index in [2.05, 4.69) is 15.4 Å². The smallest absolute Gasteiger partial charge is 0.160 e. The Hall–Kier alpha value is -3.02. The summed E-state index contributed by atoms with van der Waals surface area (Å²) in [5.74, 6) is 0.673. The molecule has 0 saturated heterocycles. The number of halogens is 1. The number of nitrogens with one attached hydrogen (secondary N) is 1. The highest BCUT2D eigenvalue weighted by Gasteiger charge is 2.11. The van der Waals surface area contributed by atoms with Crippen molar-refractivity contribution >= 4 is 17.3 Å². The lowest BCUT2D eigenvalue weighted by molar-refractivity contribution is 0.101. The molecule has 0 saturated carbocycles. The van der Waals surface area contributed by atoms with Gasteiger partial charge in [0.2, 0.25) is 0 Å². The minimum Gasteiger partial charge on any atom is -0.340 e. The molecule has 1 aromatic carbocycles. The zero-order valence-electron chi connectivity index (χ0n) is 13.7. The van der Waals surface area contributed by atoms with Crippen molar-refractivity contribution < 1.29 is 9.18 Å². The molecule has 1 N–H and O–H groups in total. The minimum atomic E-state index is -0.311. The van der Waals surface area contributed by atoms with Crippen LogP contribution >= 0.6 is 0 Å². The molecule has 5 nitrogen and oxygen atoms in total. The fourth-order valence-electron chi connectivity index (χ4n) is 2.43. The van der Waals surface area contributed by atoms with Gasteiger partial charge >= 0.3 is 0 Å². The first-order chi connectivity index (χ1) is 11.4. The van der Waals surface area contributed by atoms with Crippen molar-refractivity contribution in [3.63, 3.8) is 0 Å². The van der Waals surface area contributed by atoms with Gasteiger partial charge in [-0.3, -0.25) is 4.79 Å². The van der Waals surface area contributed by atoms with Gasteiger partial charge in [0.05, 0.1) is 5.69 Å². The van der Waals surface area contributed by atoms with Gasteiger partial charge in [-0.15, -0.1) is 0 Å². The molecule has 0 aliphatic carbocycles. The van der Waals surface area contributed by atoms with E-state index in [4.69, 9.17) is 0 Å². The first kappa shape index (κ1) is 15.9. The van der Waals surface area contributed by atoms with Gasteiger partial charge in [0.25, 0.3) is 0 Å². The van der Waals surface area contributed by atoms with Crippen molar-refractivity contribution in [2.45, 2.75) is 20.8 Å². The number of Topliss-reactive ketones (excluding diaryl/α,β-unsaturated/α-hetero) is 1. The number of aromatic nitrogens is 3. The molecule has 0 aliphatic heterocycles. The molecule has 0 atom stereocenters. The van der Waals surface area contributed by atoms with Crippen LogP contribution in [-0.2, 0) is 0 Å². The van der Waals surface area contributed by atoms with Crippen LogP contribution in [0, 0.1) is 19.7 Å². The van der Waals surface area contributed by atoms with E-state index in [0.717, 1.165) is 11.4 Å². The SMILES string of the molecule is CC(=O)c1cc(Nc2ccc(F)cc2)nc(-n2nc(C)cc2C)c1. The van der Waals surface area contributed by atoms with Crippen LogP contribution in [0.15, 0.2) is 42.5 Å². The molecule has 24 heavy (non-hydrogen) atoms. The predicted octanol–water partition coefficient (Wildman–Crippen LogP) is 3.97. The quantitative estimate of drug-likeness (QED) is 0.738. The van der Waals surface area contributed by atoms with E-state index >= 15 is 0 Å². The molecule has 3 aromatic rings. The third kappa shape index (κ3) is 3.32. The van der Waals surface area contributed by atoms with Crippen LogP contribution in [-0.4, -0.2) is 20.5 Å². The number of carbonyl (C=O) groups is 1. The summed E-state index contributed by atoms with van der Waals surface area (Å²) in [7, 11) is 0. The maximum absolute atomic E-state index is 13.0. The average molecular weight is 324 g/mol. The van der Waals surface area contributed by atoms with Gasteiger partial charge < -0.3 is 5.32 Å². The van der Waals surface area contributed by atoms with Gasteiger partial charge in [-0.2, -0.15) is 5.10 Å². The summed E-state index contributed by atoms with van der Waals surface area (Å²) in [4.78, 5) is 16.4. The standard InChI is InChI=1S/C18H17FN4O/c1-11-8-12(2)23(22-11)18-10-14(13(3)24)9-17(21-18)20-16-6-4-15(19)5-7-16/h4-10H,1-3H3,(H,20,21). The lowest BCUT2D eigenvalue weighted by Gasteiger charge is -2.11. The lowest BCUT2D eigenvalue weighted by atomic mass is 10.2. The summed E-state index contributed by atoms with van der Waals surface area (Å²) in [6.07, 6.45) is 0. The molecule has 3 rings (SSSR count). The Morgan fingerprint density at radius 3 is 2.42 bits per heavy atom. The summed E-state index contributed by atoms with van der Waals surface area (Å²) in [6, 6.07) is 11.3. The molecule has 0 spiro atoms. The van der Waals surface area contributed by atoms with E-state index in [0.29, 0.717) is 22.9 Å². The summed E-state index contributed by atoms with van der Waals surface area (Å²) in [6.45, 7) is 5.33. The number of carbonyl (C=O) groups excluding carboxylic acids is 1. The summed E-state index contributed by atoms with van der Waals surface area (Å²) >= 11 is 0. The highest BCUT2D eigenvalue weighted by molar-refractivity contribution is 5.95. The molecule has 0 radical (unpaired) electrons. The molecule has 122 valence electrons. The number of nitrogens with zero attached hydrogens (tertiary/aromatic N) is 3. The molecular formula is C18H17FN4O. The zero-order chi connectivity index (χ0) is 17.3. The number of anilines is 2. The number of hydrogen-bond acceptors (Lipinski definition) is 4. The van der Waals surface area contributed by atoms with E-state index in [1.54, 1.807) is 28.9 Å². The van der Waals surface area contributed by atoms with E-state index in [1.807, 2.05) is 19.9 Å². The number of hydrogen-bond donors (Lipinski definition) is 1. The number of ketones is 1. The maximum Gasteiger partial charge on any atom is 0.160 e. The molecule has 0 amide bonds. The molecule has 0 bridgehead atoms. The monoisotopic (exact) mass is 324 g/mol. The van der Waals surface area contributed by atoms with Crippen molar-refractivity contribution in [1.29, 1.82) is 0 Å². The Morgan fingerprint density at radius 1 is 1.12 bits per heavy atom. The number of pyridine rings is 1. The van der Waals surface area contributed by atoms with Crippen LogP contribution in [0.25, 0.3) is 5.82 Å². The Morgan fingerprint density at radius 2 is 1.83 bits per heavy atom. The van der Waals surface area contributed by atoms with Crippen molar-refractivity contribution in [3.05, 3.63) is 65.2 Å². The van der Waals surface area contributed by atoms with E-state index in [1.165, 1.54) is 19.1 Å². The first-order valence-electron chi connectivity index (χ1n) is 7.51. The molecule has 2 aromatic heterocycles. The fourth-order valence-corrected chi connectivity index (χ4v) is 2.43. The molecule has 2 heterocycles. The summed E-state index contributed by atoms with van der Waals surface area (Å²) in [5, 5.41) is 7.50. The zero-order valence-corrected chi connectivity index (χ0v) is 13.7. The number of benzene rings is 1. The van der Waals surface area contributed by atoms with Crippen molar-refractivity contribution in [1.82, 2.24) is 14.8 Å². The van der Waals surface area contributed by atoms with Crippen LogP contribution in [0.1, 0.15) is 28.7 Å². The first-order valence-corrected chi connectivity index (χ1v) is 7.51. The third-order valence-corrected chi connectivity index (χ3v) is 3.56. The second-order valence-corrected chi connectivity index (χ2v) is 5.63. The van der Waals surface area contributed by atoms with Crippen LogP contribution < -0.4 is 5.32 Å². The van der Waals surface area contributed by atoms with E-state index < -0.39 is 0 Å². The largest absolute Gasteiger partial charge is 0.340 e. The maximum atomic E-state index is 13.0. The topological polar surface area (TPSA) is 59.8 Å². The minimum absolute atomic E-state index is 0.0673. The van der Waals surface area contributed by atoms with Crippen LogP contribution in [0.4, 0.5) is 15.9 Å². The van der Waals surface area contributed by atoms with Gasteiger partial charge in [-0.05, 0) is 63.2 Å². The number of rotatable bonds is 4. The Bertz CT molecular complexity index is 900. The number of aryl methyl sites for hydroxylation is 2. The highest BCUT2D eigenvalue weighted by Crippen LogP contribution is 2.20. The van der Waals surface area contributed by atoms with Crippen molar-refractivity contribution in [3.8, 4) is 5.82 Å². The molecular weight excluding hydrogens is 307 g/mol. The molecule has 0 aliphatic rings.